The molecule has 0 aliphatic rings. The topological polar surface area (TPSA) is 117 Å². The molecule has 0 fully saturated rings. The number of imidazole rings is 1. The number of aromatic nitrogens is 6. The first-order valence-corrected chi connectivity index (χ1v) is 8.82. The quantitative estimate of drug-likeness (QED) is 0.531. The SMILES string of the molecule is COc1ccc2nc(N)nc(Nc3cn(C)cn3)c2c1[C@H](C)c1ncc(F)cn1. The molecular weight excluding hydrogens is 375 g/mol. The van der Waals surface area contributed by atoms with Gasteiger partial charge in [0.15, 0.2) is 5.82 Å². The Kier molecular flexibility index (Phi) is 4.67. The van der Waals surface area contributed by atoms with Crippen LogP contribution < -0.4 is 15.8 Å². The van der Waals surface area contributed by atoms with Crippen molar-refractivity contribution >= 4 is 28.5 Å². The van der Waals surface area contributed by atoms with E-state index in [1.807, 2.05) is 24.7 Å². The summed E-state index contributed by atoms with van der Waals surface area (Å²) in [6.45, 7) is 1.91. The minimum atomic E-state index is -0.501. The van der Waals surface area contributed by atoms with Crippen molar-refractivity contribution < 1.29 is 9.13 Å². The lowest BCUT2D eigenvalue weighted by Crippen LogP contribution is -2.09. The summed E-state index contributed by atoms with van der Waals surface area (Å²) in [7, 11) is 3.44. The number of ether oxygens (including phenoxy) is 1. The summed E-state index contributed by atoms with van der Waals surface area (Å²) in [5.41, 5.74) is 7.31. The second-order valence-electron chi connectivity index (χ2n) is 6.54. The maximum Gasteiger partial charge on any atom is 0.222 e. The Labute approximate surface area is 165 Å². The van der Waals surface area contributed by atoms with Crippen LogP contribution in [0.25, 0.3) is 10.9 Å². The van der Waals surface area contributed by atoms with Crippen LogP contribution in [0.15, 0.2) is 37.1 Å². The number of fused-ring (bicyclic) bond motifs is 1. The molecule has 0 aliphatic carbocycles. The minimum Gasteiger partial charge on any atom is -0.496 e. The maximum atomic E-state index is 13.3. The normalized spacial score (nSPS) is 12.1. The van der Waals surface area contributed by atoms with E-state index in [1.54, 1.807) is 25.6 Å². The van der Waals surface area contributed by atoms with Gasteiger partial charge in [-0.2, -0.15) is 4.98 Å². The number of nitrogens with zero attached hydrogens (tertiary/aromatic N) is 6. The standard InChI is InChI=1S/C19H19FN8O/c1-10(17-22-6-11(20)7-23-17)15-13(29-3)5-4-12-16(15)18(27-19(21)25-12)26-14-8-28(2)9-24-14/h4-10H,1-3H3,(H3,21,25,26,27)/t10-/m0/s1. The van der Waals surface area contributed by atoms with Crippen molar-refractivity contribution in [2.75, 3.05) is 18.2 Å². The van der Waals surface area contributed by atoms with E-state index in [-0.39, 0.29) is 11.9 Å². The van der Waals surface area contributed by atoms with Gasteiger partial charge in [0.1, 0.15) is 23.2 Å². The van der Waals surface area contributed by atoms with Crippen LogP contribution in [0.4, 0.5) is 22.0 Å². The first-order valence-electron chi connectivity index (χ1n) is 8.82. The lowest BCUT2D eigenvalue weighted by atomic mass is 9.94. The van der Waals surface area contributed by atoms with Crippen LogP contribution in [-0.2, 0) is 7.05 Å². The van der Waals surface area contributed by atoms with Crippen LogP contribution in [0.3, 0.4) is 0 Å². The van der Waals surface area contributed by atoms with Gasteiger partial charge in [0.2, 0.25) is 5.95 Å². The Balaban J connectivity index is 1.94. The highest BCUT2D eigenvalue weighted by molar-refractivity contribution is 5.96. The molecule has 29 heavy (non-hydrogen) atoms. The molecule has 0 radical (unpaired) electrons. The van der Waals surface area contributed by atoms with E-state index in [1.165, 1.54) is 0 Å². The van der Waals surface area contributed by atoms with Crippen molar-refractivity contribution in [2.45, 2.75) is 12.8 Å². The smallest absolute Gasteiger partial charge is 0.222 e. The molecule has 4 rings (SSSR count). The van der Waals surface area contributed by atoms with Gasteiger partial charge in [0.05, 0.1) is 36.7 Å². The molecule has 0 unspecified atom stereocenters. The van der Waals surface area contributed by atoms with Crippen LogP contribution in [0, 0.1) is 5.82 Å². The predicted octanol–water partition coefficient (Wildman–Crippen LogP) is 2.78. The molecule has 3 aromatic heterocycles. The number of anilines is 3. The molecular formula is C19H19FN8O. The Hall–Kier alpha value is -3.82. The highest BCUT2D eigenvalue weighted by Crippen LogP contribution is 2.39. The van der Waals surface area contributed by atoms with Crippen molar-refractivity contribution in [3.63, 3.8) is 0 Å². The fourth-order valence-electron chi connectivity index (χ4n) is 3.22. The summed E-state index contributed by atoms with van der Waals surface area (Å²) in [6, 6.07) is 3.60. The molecule has 10 heteroatoms. The number of nitrogens with two attached hydrogens (primary N) is 1. The first-order chi connectivity index (χ1) is 14.0. The molecule has 3 N–H and O–H groups in total. The van der Waals surface area contributed by atoms with E-state index in [2.05, 4.69) is 30.2 Å². The molecule has 0 aliphatic heterocycles. The van der Waals surface area contributed by atoms with Gasteiger partial charge in [-0.05, 0) is 12.1 Å². The molecule has 148 valence electrons. The summed E-state index contributed by atoms with van der Waals surface area (Å²) in [5, 5.41) is 3.90. The zero-order valence-electron chi connectivity index (χ0n) is 16.1. The lowest BCUT2D eigenvalue weighted by Gasteiger charge is -2.19. The Morgan fingerprint density at radius 3 is 2.59 bits per heavy atom. The number of aryl methyl sites for hydroxylation is 1. The van der Waals surface area contributed by atoms with E-state index in [9.17, 15) is 4.39 Å². The third-order valence-electron chi connectivity index (χ3n) is 4.51. The van der Waals surface area contributed by atoms with E-state index in [0.717, 1.165) is 18.0 Å². The van der Waals surface area contributed by atoms with E-state index in [4.69, 9.17) is 10.5 Å². The number of hydrogen-bond acceptors (Lipinski definition) is 8. The molecule has 0 amide bonds. The molecule has 0 bridgehead atoms. The fraction of sp³-hybridized carbons (Fsp3) is 0.211. The number of halogens is 1. The Bertz CT molecular complexity index is 1180. The Morgan fingerprint density at radius 2 is 1.93 bits per heavy atom. The highest BCUT2D eigenvalue weighted by atomic mass is 19.1. The largest absolute Gasteiger partial charge is 0.496 e. The van der Waals surface area contributed by atoms with Crippen molar-refractivity contribution in [2.24, 2.45) is 7.05 Å². The van der Waals surface area contributed by atoms with Gasteiger partial charge in [-0.25, -0.2) is 24.3 Å². The average Bonchev–Trinajstić information content (AvgIpc) is 3.11. The van der Waals surface area contributed by atoms with Crippen molar-refractivity contribution in [3.05, 3.63) is 54.3 Å². The maximum absolute atomic E-state index is 13.3. The molecule has 9 nitrogen and oxygen atoms in total. The molecule has 4 aromatic rings. The molecule has 0 saturated heterocycles. The highest BCUT2D eigenvalue weighted by Gasteiger charge is 2.23. The minimum absolute atomic E-state index is 0.123. The number of rotatable bonds is 5. The van der Waals surface area contributed by atoms with Crippen molar-refractivity contribution in [3.8, 4) is 5.75 Å². The van der Waals surface area contributed by atoms with Gasteiger partial charge in [0.25, 0.3) is 0 Å². The van der Waals surface area contributed by atoms with Crippen LogP contribution in [0.2, 0.25) is 0 Å². The second kappa shape index (κ2) is 7.30. The van der Waals surface area contributed by atoms with Crippen LogP contribution in [-0.4, -0.2) is 36.6 Å². The van der Waals surface area contributed by atoms with Gasteiger partial charge < -0.3 is 20.4 Å². The van der Waals surface area contributed by atoms with Gasteiger partial charge in [-0.15, -0.1) is 0 Å². The summed E-state index contributed by atoms with van der Waals surface area (Å²) < 4.78 is 20.7. The molecule has 0 spiro atoms. The van der Waals surface area contributed by atoms with Crippen molar-refractivity contribution in [1.82, 2.24) is 29.5 Å². The van der Waals surface area contributed by atoms with Crippen LogP contribution in [0.1, 0.15) is 24.2 Å². The number of methoxy groups -OCH3 is 1. The third-order valence-corrected chi connectivity index (χ3v) is 4.51. The summed E-state index contributed by atoms with van der Waals surface area (Å²) in [4.78, 5) is 21.3. The Morgan fingerprint density at radius 1 is 1.17 bits per heavy atom. The summed E-state index contributed by atoms with van der Waals surface area (Å²) in [5.74, 6) is 1.43. The summed E-state index contributed by atoms with van der Waals surface area (Å²) in [6.07, 6.45) is 5.76. The number of benzene rings is 1. The average molecular weight is 394 g/mol. The second-order valence-corrected chi connectivity index (χ2v) is 6.54. The molecule has 1 aromatic carbocycles. The zero-order chi connectivity index (χ0) is 20.5. The lowest BCUT2D eigenvalue weighted by molar-refractivity contribution is 0.408. The van der Waals surface area contributed by atoms with E-state index in [0.29, 0.717) is 34.1 Å². The predicted molar refractivity (Wildman–Crippen MR) is 107 cm³/mol. The van der Waals surface area contributed by atoms with Gasteiger partial charge in [0, 0.05) is 24.7 Å². The third kappa shape index (κ3) is 3.51. The number of nitrogen functional groups attached to an aromatic ring is 1. The monoisotopic (exact) mass is 394 g/mol. The number of nitrogens with one attached hydrogen (secondary N) is 1. The van der Waals surface area contributed by atoms with Gasteiger partial charge in [-0.3, -0.25) is 0 Å². The molecule has 3 heterocycles. The summed E-state index contributed by atoms with van der Waals surface area (Å²) >= 11 is 0. The van der Waals surface area contributed by atoms with Crippen LogP contribution in [0.5, 0.6) is 5.75 Å². The van der Waals surface area contributed by atoms with E-state index >= 15 is 0 Å². The van der Waals surface area contributed by atoms with Crippen molar-refractivity contribution in [1.29, 1.82) is 0 Å². The molecule has 0 saturated carbocycles. The molecule has 1 atom stereocenters. The van der Waals surface area contributed by atoms with Gasteiger partial charge >= 0.3 is 0 Å². The number of hydrogen-bond donors (Lipinski definition) is 2. The van der Waals surface area contributed by atoms with Crippen LogP contribution >= 0.6 is 0 Å². The first kappa shape index (κ1) is 18.5. The fourth-order valence-corrected chi connectivity index (χ4v) is 3.22. The van der Waals surface area contributed by atoms with E-state index < -0.39 is 5.82 Å². The van der Waals surface area contributed by atoms with Gasteiger partial charge in [-0.1, -0.05) is 6.92 Å². The zero-order valence-corrected chi connectivity index (χ0v) is 16.1.